The van der Waals surface area contributed by atoms with Crippen LogP contribution in [0.3, 0.4) is 0 Å². The van der Waals surface area contributed by atoms with Gasteiger partial charge in [0.05, 0.1) is 6.04 Å². The van der Waals surface area contributed by atoms with Gasteiger partial charge in [0.25, 0.3) is 0 Å². The number of carbonyl (C=O) groups is 1. The second kappa shape index (κ2) is 5.40. The summed E-state index contributed by atoms with van der Waals surface area (Å²) in [5.41, 5.74) is 3.80. The Balaban J connectivity index is 1.97. The Labute approximate surface area is 128 Å². The summed E-state index contributed by atoms with van der Waals surface area (Å²) in [5.74, 6) is -1.26. The van der Waals surface area contributed by atoms with Gasteiger partial charge in [-0.05, 0) is 61.2 Å². The molecule has 1 atom stereocenters. The van der Waals surface area contributed by atoms with E-state index >= 15 is 0 Å². The lowest BCUT2D eigenvalue weighted by atomic mass is 9.94. The largest absolute Gasteiger partial charge is 0.477 e. The van der Waals surface area contributed by atoms with Gasteiger partial charge >= 0.3 is 5.97 Å². The summed E-state index contributed by atoms with van der Waals surface area (Å²) in [6, 6.07) is 6.67. The molecule has 1 aromatic heterocycles. The number of aryl methyl sites for hydroxylation is 1. The van der Waals surface area contributed by atoms with Crippen LogP contribution in [0.5, 0.6) is 0 Å². The van der Waals surface area contributed by atoms with Gasteiger partial charge in [0.1, 0.15) is 11.5 Å². The molecule has 0 radical (unpaired) electrons. The van der Waals surface area contributed by atoms with Crippen molar-refractivity contribution in [2.24, 2.45) is 0 Å². The third-order valence-corrected chi connectivity index (χ3v) is 4.14. The number of aromatic nitrogens is 1. The molecule has 0 saturated heterocycles. The molecule has 22 heavy (non-hydrogen) atoms. The summed E-state index contributed by atoms with van der Waals surface area (Å²) in [5, 5.41) is 9.03. The van der Waals surface area contributed by atoms with Crippen molar-refractivity contribution in [3.63, 3.8) is 0 Å². The van der Waals surface area contributed by atoms with E-state index in [9.17, 15) is 9.18 Å². The van der Waals surface area contributed by atoms with Crippen LogP contribution >= 0.6 is 0 Å². The molecule has 1 aliphatic rings. The zero-order valence-corrected chi connectivity index (χ0v) is 12.5. The summed E-state index contributed by atoms with van der Waals surface area (Å²) < 4.78 is 13.6. The zero-order valence-electron chi connectivity index (χ0n) is 12.5. The van der Waals surface area contributed by atoms with Gasteiger partial charge in [-0.2, -0.15) is 0 Å². The number of hydrogen-bond donors (Lipinski definition) is 1. The molecule has 2 aromatic rings. The minimum atomic E-state index is -1.02. The molecule has 2 heterocycles. The average molecular weight is 300 g/mol. The monoisotopic (exact) mass is 300 g/mol. The fourth-order valence-electron chi connectivity index (χ4n) is 3.06. The molecule has 0 aliphatic carbocycles. The first-order valence-electron chi connectivity index (χ1n) is 7.21. The Bertz CT molecular complexity index is 725. The topological polar surface area (TPSA) is 53.4 Å². The smallest absolute Gasteiger partial charge is 0.354 e. The second-order valence-electron chi connectivity index (χ2n) is 5.68. The number of halogens is 1. The fourth-order valence-corrected chi connectivity index (χ4v) is 3.06. The minimum absolute atomic E-state index is 0.0281. The van der Waals surface area contributed by atoms with Crippen LogP contribution in [0.25, 0.3) is 0 Å². The maximum atomic E-state index is 13.6. The first-order valence-corrected chi connectivity index (χ1v) is 7.21. The summed E-state index contributed by atoms with van der Waals surface area (Å²) in [7, 11) is 0. The number of nitrogens with zero attached hydrogens (tertiary/aromatic N) is 2. The summed E-state index contributed by atoms with van der Waals surface area (Å²) in [6.07, 6.45) is 2.35. The molecule has 0 unspecified atom stereocenters. The molecular formula is C17H17FN2O2. The number of pyridine rings is 1. The highest BCUT2D eigenvalue weighted by Crippen LogP contribution is 2.34. The third kappa shape index (κ3) is 2.54. The summed E-state index contributed by atoms with van der Waals surface area (Å²) >= 11 is 0. The molecule has 114 valence electrons. The molecule has 0 spiro atoms. The molecular weight excluding hydrogens is 283 g/mol. The predicted octanol–water partition coefficient (Wildman–Crippen LogP) is 3.35. The van der Waals surface area contributed by atoms with Gasteiger partial charge in [0.15, 0.2) is 0 Å². The Kier molecular flexibility index (Phi) is 3.56. The Morgan fingerprint density at radius 1 is 1.36 bits per heavy atom. The van der Waals surface area contributed by atoms with E-state index in [1.54, 1.807) is 12.3 Å². The van der Waals surface area contributed by atoms with Gasteiger partial charge in [0, 0.05) is 18.4 Å². The standard InChI is InChI=1S/C17H17FN2O2/c1-10-5-13(18)8-14(6-10)20-4-3-12-7-16(17(21)22)19-9-15(12)11(20)2/h5-9,11H,3-4H2,1-2H3,(H,21,22)/t11-/m0/s1. The van der Waals surface area contributed by atoms with Crippen molar-refractivity contribution in [1.29, 1.82) is 0 Å². The van der Waals surface area contributed by atoms with Crippen molar-refractivity contribution in [3.8, 4) is 0 Å². The van der Waals surface area contributed by atoms with Crippen LogP contribution < -0.4 is 4.90 Å². The van der Waals surface area contributed by atoms with Gasteiger partial charge in [-0.3, -0.25) is 0 Å². The van der Waals surface area contributed by atoms with Crippen molar-refractivity contribution in [2.45, 2.75) is 26.3 Å². The fraction of sp³-hybridized carbons (Fsp3) is 0.294. The van der Waals surface area contributed by atoms with Crippen molar-refractivity contribution >= 4 is 11.7 Å². The van der Waals surface area contributed by atoms with E-state index in [4.69, 9.17) is 5.11 Å². The van der Waals surface area contributed by atoms with E-state index in [2.05, 4.69) is 9.88 Å². The van der Waals surface area contributed by atoms with Crippen LogP contribution in [0.2, 0.25) is 0 Å². The third-order valence-electron chi connectivity index (χ3n) is 4.14. The van der Waals surface area contributed by atoms with Gasteiger partial charge in [-0.1, -0.05) is 0 Å². The normalized spacial score (nSPS) is 17.2. The van der Waals surface area contributed by atoms with Crippen molar-refractivity contribution in [3.05, 3.63) is 58.7 Å². The SMILES string of the molecule is Cc1cc(F)cc(N2CCc3cc(C(=O)O)ncc3[C@@H]2C)c1. The predicted molar refractivity (Wildman–Crippen MR) is 81.8 cm³/mol. The number of carboxylic acids is 1. The lowest BCUT2D eigenvalue weighted by molar-refractivity contribution is 0.0690. The Morgan fingerprint density at radius 3 is 2.82 bits per heavy atom. The van der Waals surface area contributed by atoms with Crippen LogP contribution in [0.4, 0.5) is 10.1 Å². The highest BCUT2D eigenvalue weighted by Gasteiger charge is 2.25. The van der Waals surface area contributed by atoms with Crippen LogP contribution in [0.1, 0.15) is 40.1 Å². The molecule has 0 saturated carbocycles. The van der Waals surface area contributed by atoms with E-state index in [0.29, 0.717) is 0 Å². The molecule has 5 heteroatoms. The van der Waals surface area contributed by atoms with Crippen molar-refractivity contribution in [2.75, 3.05) is 11.4 Å². The number of fused-ring (bicyclic) bond motifs is 1. The average Bonchev–Trinajstić information content (AvgIpc) is 2.46. The first kappa shape index (κ1) is 14.5. The summed E-state index contributed by atoms with van der Waals surface area (Å²) in [4.78, 5) is 17.1. The molecule has 1 N–H and O–H groups in total. The van der Waals surface area contributed by atoms with E-state index in [-0.39, 0.29) is 17.6 Å². The molecule has 0 bridgehead atoms. The highest BCUT2D eigenvalue weighted by molar-refractivity contribution is 5.85. The second-order valence-corrected chi connectivity index (χ2v) is 5.68. The zero-order chi connectivity index (χ0) is 15.9. The Morgan fingerprint density at radius 2 is 2.14 bits per heavy atom. The van der Waals surface area contributed by atoms with Crippen LogP contribution in [0.15, 0.2) is 30.5 Å². The van der Waals surface area contributed by atoms with Crippen molar-refractivity contribution < 1.29 is 14.3 Å². The Hall–Kier alpha value is -2.43. The quantitative estimate of drug-likeness (QED) is 0.924. The maximum Gasteiger partial charge on any atom is 0.354 e. The molecule has 3 rings (SSSR count). The van der Waals surface area contributed by atoms with E-state index in [0.717, 1.165) is 35.3 Å². The van der Waals surface area contributed by atoms with E-state index in [1.165, 1.54) is 12.1 Å². The molecule has 0 amide bonds. The molecule has 1 aliphatic heterocycles. The molecule has 1 aromatic carbocycles. The summed E-state index contributed by atoms with van der Waals surface area (Å²) in [6.45, 7) is 4.62. The van der Waals surface area contributed by atoms with Crippen LogP contribution in [-0.4, -0.2) is 22.6 Å². The van der Waals surface area contributed by atoms with Gasteiger partial charge in [0.2, 0.25) is 0 Å². The van der Waals surface area contributed by atoms with Gasteiger partial charge in [-0.15, -0.1) is 0 Å². The highest BCUT2D eigenvalue weighted by atomic mass is 19.1. The van der Waals surface area contributed by atoms with Crippen molar-refractivity contribution in [1.82, 2.24) is 4.98 Å². The lowest BCUT2D eigenvalue weighted by Gasteiger charge is -2.37. The van der Waals surface area contributed by atoms with Gasteiger partial charge in [-0.25, -0.2) is 14.2 Å². The number of carboxylic acid groups (broad SMARTS) is 1. The van der Waals surface area contributed by atoms with Crippen LogP contribution in [0, 0.1) is 12.7 Å². The number of aromatic carboxylic acids is 1. The number of rotatable bonds is 2. The number of hydrogen-bond acceptors (Lipinski definition) is 3. The lowest BCUT2D eigenvalue weighted by Crippen LogP contribution is -2.34. The number of benzene rings is 1. The van der Waals surface area contributed by atoms with E-state index < -0.39 is 5.97 Å². The van der Waals surface area contributed by atoms with Crippen LogP contribution in [-0.2, 0) is 6.42 Å². The van der Waals surface area contributed by atoms with Gasteiger partial charge < -0.3 is 10.0 Å². The molecule has 0 fully saturated rings. The minimum Gasteiger partial charge on any atom is -0.477 e. The maximum absolute atomic E-state index is 13.6. The first-order chi connectivity index (χ1) is 10.5. The van der Waals surface area contributed by atoms with E-state index in [1.807, 2.05) is 19.9 Å². The molecule has 4 nitrogen and oxygen atoms in total. The number of anilines is 1.